The largest absolute Gasteiger partial charge is 0.338 e. The van der Waals surface area contributed by atoms with Crippen LogP contribution in [0.15, 0.2) is 28.8 Å². The van der Waals surface area contributed by atoms with Crippen molar-refractivity contribution in [1.29, 1.82) is 0 Å². The summed E-state index contributed by atoms with van der Waals surface area (Å²) in [5, 5.41) is 4.01. The Kier molecular flexibility index (Phi) is 6.16. The van der Waals surface area contributed by atoms with E-state index in [1.165, 1.54) is 24.0 Å². The second-order valence-corrected chi connectivity index (χ2v) is 6.34. The van der Waals surface area contributed by atoms with E-state index in [-0.39, 0.29) is 12.4 Å². The van der Waals surface area contributed by atoms with Gasteiger partial charge in [-0.2, -0.15) is 4.98 Å². The molecule has 1 aromatic heterocycles. The number of rotatable bonds is 7. The average molecular weight is 337 g/mol. The van der Waals surface area contributed by atoms with Crippen LogP contribution in [0.2, 0.25) is 0 Å². The number of hydrogen-bond acceptors (Lipinski definition) is 5. The van der Waals surface area contributed by atoms with E-state index < -0.39 is 0 Å². The molecule has 5 nitrogen and oxygen atoms in total. The third-order valence-corrected chi connectivity index (χ3v) is 4.12. The highest BCUT2D eigenvalue weighted by molar-refractivity contribution is 5.85. The van der Waals surface area contributed by atoms with Crippen LogP contribution in [-0.2, 0) is 19.6 Å². The molecular weight excluding hydrogens is 312 g/mol. The molecule has 2 N–H and O–H groups in total. The van der Waals surface area contributed by atoms with Crippen LogP contribution >= 0.6 is 12.4 Å². The zero-order chi connectivity index (χ0) is 15.5. The topological polar surface area (TPSA) is 68.2 Å². The second-order valence-electron chi connectivity index (χ2n) is 6.34. The standard InChI is InChI=1S/C17H24N4O.ClH/c1-12(2)14-5-3-13(4-6-14)10-21(15-7-8-15)11-16-19-17(9-18)22-20-16;/h3-6,12,15H,7-11,18H2,1-2H3;1H. The molecular formula is C17H25ClN4O. The molecule has 1 fully saturated rings. The molecule has 0 unspecified atom stereocenters. The van der Waals surface area contributed by atoms with E-state index >= 15 is 0 Å². The molecule has 0 amide bonds. The highest BCUT2D eigenvalue weighted by atomic mass is 35.5. The maximum Gasteiger partial charge on any atom is 0.240 e. The van der Waals surface area contributed by atoms with Crippen molar-refractivity contribution in [2.75, 3.05) is 0 Å². The summed E-state index contributed by atoms with van der Waals surface area (Å²) >= 11 is 0. The molecule has 0 atom stereocenters. The lowest BCUT2D eigenvalue weighted by Crippen LogP contribution is -2.25. The van der Waals surface area contributed by atoms with Crippen molar-refractivity contribution in [2.24, 2.45) is 5.73 Å². The van der Waals surface area contributed by atoms with Crippen LogP contribution in [-0.4, -0.2) is 21.1 Å². The molecule has 2 aromatic rings. The normalized spacial score (nSPS) is 14.3. The van der Waals surface area contributed by atoms with Crippen LogP contribution in [0.3, 0.4) is 0 Å². The summed E-state index contributed by atoms with van der Waals surface area (Å²) in [5.41, 5.74) is 8.23. The van der Waals surface area contributed by atoms with Gasteiger partial charge in [0.15, 0.2) is 5.82 Å². The van der Waals surface area contributed by atoms with Gasteiger partial charge in [-0.25, -0.2) is 0 Å². The molecule has 3 rings (SSSR count). The SMILES string of the molecule is CC(C)c1ccc(CN(Cc2noc(CN)n2)C2CC2)cc1.Cl. The molecule has 0 saturated heterocycles. The molecule has 6 heteroatoms. The molecule has 23 heavy (non-hydrogen) atoms. The van der Waals surface area contributed by atoms with Crippen molar-refractivity contribution in [3.63, 3.8) is 0 Å². The predicted octanol–water partition coefficient (Wildman–Crippen LogP) is 3.24. The first-order valence-corrected chi connectivity index (χ1v) is 8.00. The maximum absolute atomic E-state index is 5.52. The Morgan fingerprint density at radius 3 is 2.43 bits per heavy atom. The van der Waals surface area contributed by atoms with E-state index in [4.69, 9.17) is 10.3 Å². The van der Waals surface area contributed by atoms with E-state index in [1.54, 1.807) is 0 Å². The number of hydrogen-bond donors (Lipinski definition) is 1. The molecule has 1 aliphatic carbocycles. The fourth-order valence-electron chi connectivity index (χ4n) is 2.62. The lowest BCUT2D eigenvalue weighted by molar-refractivity contribution is 0.235. The van der Waals surface area contributed by atoms with Crippen LogP contribution in [0, 0.1) is 0 Å². The fraction of sp³-hybridized carbons (Fsp3) is 0.529. The monoisotopic (exact) mass is 336 g/mol. The Morgan fingerprint density at radius 1 is 1.22 bits per heavy atom. The Labute approximate surface area is 143 Å². The van der Waals surface area contributed by atoms with Crippen LogP contribution in [0.4, 0.5) is 0 Å². The van der Waals surface area contributed by atoms with Gasteiger partial charge in [0.1, 0.15) is 0 Å². The molecule has 0 radical (unpaired) electrons. The van der Waals surface area contributed by atoms with E-state index in [9.17, 15) is 0 Å². The van der Waals surface area contributed by atoms with Crippen molar-refractivity contribution < 1.29 is 4.52 Å². The fourth-order valence-corrected chi connectivity index (χ4v) is 2.62. The van der Waals surface area contributed by atoms with Gasteiger partial charge < -0.3 is 10.3 Å². The minimum atomic E-state index is 0. The van der Waals surface area contributed by atoms with Crippen LogP contribution in [0.5, 0.6) is 0 Å². The third kappa shape index (κ3) is 4.77. The molecule has 1 heterocycles. The van der Waals surface area contributed by atoms with Gasteiger partial charge in [-0.05, 0) is 29.9 Å². The first-order valence-electron chi connectivity index (χ1n) is 8.00. The number of nitrogens with zero attached hydrogens (tertiary/aromatic N) is 3. The Bertz CT molecular complexity index is 607. The van der Waals surface area contributed by atoms with Crippen LogP contribution < -0.4 is 5.73 Å². The van der Waals surface area contributed by atoms with Crippen molar-refractivity contribution >= 4 is 12.4 Å². The molecule has 0 aliphatic heterocycles. The third-order valence-electron chi connectivity index (χ3n) is 4.12. The highest BCUT2D eigenvalue weighted by Crippen LogP contribution is 2.29. The molecule has 0 bridgehead atoms. The smallest absolute Gasteiger partial charge is 0.240 e. The van der Waals surface area contributed by atoms with Gasteiger partial charge in [0.05, 0.1) is 13.1 Å². The summed E-state index contributed by atoms with van der Waals surface area (Å²) in [7, 11) is 0. The number of nitrogens with two attached hydrogens (primary N) is 1. The zero-order valence-electron chi connectivity index (χ0n) is 13.7. The van der Waals surface area contributed by atoms with Crippen molar-refractivity contribution in [3.05, 3.63) is 47.1 Å². The summed E-state index contributed by atoms with van der Waals surface area (Å²) in [4.78, 5) is 6.74. The van der Waals surface area contributed by atoms with Gasteiger partial charge in [-0.15, -0.1) is 12.4 Å². The van der Waals surface area contributed by atoms with Crippen molar-refractivity contribution in [3.8, 4) is 0 Å². The van der Waals surface area contributed by atoms with Gasteiger partial charge in [0.25, 0.3) is 0 Å². The van der Waals surface area contributed by atoms with Gasteiger partial charge in [0, 0.05) is 12.6 Å². The minimum absolute atomic E-state index is 0. The summed E-state index contributed by atoms with van der Waals surface area (Å²) < 4.78 is 5.09. The Morgan fingerprint density at radius 2 is 1.91 bits per heavy atom. The van der Waals surface area contributed by atoms with E-state index in [0.717, 1.165) is 18.9 Å². The summed E-state index contributed by atoms with van der Waals surface area (Å²) in [6.45, 7) is 6.39. The molecule has 0 spiro atoms. The quantitative estimate of drug-likeness (QED) is 0.840. The molecule has 1 aliphatic rings. The summed E-state index contributed by atoms with van der Waals surface area (Å²) in [6.07, 6.45) is 2.51. The lowest BCUT2D eigenvalue weighted by atomic mass is 10.0. The minimum Gasteiger partial charge on any atom is -0.338 e. The highest BCUT2D eigenvalue weighted by Gasteiger charge is 2.30. The molecule has 126 valence electrons. The van der Waals surface area contributed by atoms with Crippen molar-refractivity contribution in [2.45, 2.75) is 58.3 Å². The van der Waals surface area contributed by atoms with Crippen LogP contribution in [0.25, 0.3) is 0 Å². The van der Waals surface area contributed by atoms with Gasteiger partial charge in [-0.1, -0.05) is 43.3 Å². The lowest BCUT2D eigenvalue weighted by Gasteiger charge is -2.20. The Hall–Kier alpha value is -1.43. The Balaban J connectivity index is 0.00000192. The first-order chi connectivity index (χ1) is 10.7. The number of aromatic nitrogens is 2. The summed E-state index contributed by atoms with van der Waals surface area (Å²) in [6, 6.07) is 9.56. The van der Waals surface area contributed by atoms with Gasteiger partial charge in [-0.3, -0.25) is 4.90 Å². The van der Waals surface area contributed by atoms with Gasteiger partial charge >= 0.3 is 0 Å². The van der Waals surface area contributed by atoms with E-state index in [0.29, 0.717) is 24.4 Å². The second kappa shape index (κ2) is 7.90. The molecule has 1 aromatic carbocycles. The summed E-state index contributed by atoms with van der Waals surface area (Å²) in [5.74, 6) is 1.81. The zero-order valence-corrected chi connectivity index (χ0v) is 14.6. The van der Waals surface area contributed by atoms with Crippen LogP contribution in [0.1, 0.15) is 55.4 Å². The number of benzene rings is 1. The van der Waals surface area contributed by atoms with E-state index in [2.05, 4.69) is 53.2 Å². The van der Waals surface area contributed by atoms with E-state index in [1.807, 2.05) is 0 Å². The van der Waals surface area contributed by atoms with Gasteiger partial charge in [0.2, 0.25) is 5.89 Å². The average Bonchev–Trinajstić information content (AvgIpc) is 3.27. The number of halogens is 1. The van der Waals surface area contributed by atoms with Crippen molar-refractivity contribution in [1.82, 2.24) is 15.0 Å². The maximum atomic E-state index is 5.52. The first kappa shape index (κ1) is 17.9. The molecule has 1 saturated carbocycles. The predicted molar refractivity (Wildman–Crippen MR) is 92.2 cm³/mol.